The minimum atomic E-state index is 0.502. The van der Waals surface area contributed by atoms with Crippen LogP contribution < -0.4 is 10.2 Å². The van der Waals surface area contributed by atoms with Crippen molar-refractivity contribution in [2.45, 2.75) is 19.3 Å². The molecule has 0 aromatic carbocycles. The van der Waals surface area contributed by atoms with Crippen LogP contribution in [0.5, 0.6) is 0 Å². The summed E-state index contributed by atoms with van der Waals surface area (Å²) in [5, 5.41) is 11.1. The van der Waals surface area contributed by atoms with Gasteiger partial charge >= 0.3 is 0 Å². The molecule has 0 radical (unpaired) electrons. The Balaban J connectivity index is 1.59. The first kappa shape index (κ1) is 11.2. The van der Waals surface area contributed by atoms with Crippen molar-refractivity contribution in [1.82, 2.24) is 20.6 Å². The summed E-state index contributed by atoms with van der Waals surface area (Å²) in [5.41, 5.74) is 2.96. The van der Waals surface area contributed by atoms with Crippen LogP contribution in [0.4, 0.5) is 5.69 Å². The number of pyridine rings is 1. The minimum Gasteiger partial charge on any atom is -0.370 e. The molecule has 0 atom stereocenters. The number of piperidine rings is 1. The molecule has 6 nitrogen and oxygen atoms in total. The van der Waals surface area contributed by atoms with Crippen LogP contribution in [0.3, 0.4) is 0 Å². The third-order valence-electron chi connectivity index (χ3n) is 4.57. The highest BCUT2D eigenvalue weighted by Crippen LogP contribution is 2.40. The van der Waals surface area contributed by atoms with Crippen LogP contribution in [0.1, 0.15) is 19.3 Å². The molecule has 0 unspecified atom stereocenters. The van der Waals surface area contributed by atoms with Gasteiger partial charge in [-0.3, -0.25) is 0 Å². The summed E-state index contributed by atoms with van der Waals surface area (Å²) < 4.78 is 4.70. The van der Waals surface area contributed by atoms with Crippen LogP contribution in [0.15, 0.2) is 16.9 Å². The molecule has 1 spiro atoms. The maximum atomic E-state index is 4.70. The highest BCUT2D eigenvalue weighted by molar-refractivity contribution is 5.73. The molecule has 4 heterocycles. The molecule has 2 aromatic heterocycles. The summed E-state index contributed by atoms with van der Waals surface area (Å²) in [4.78, 5) is 6.72. The van der Waals surface area contributed by atoms with E-state index in [2.05, 4.69) is 25.5 Å². The smallest absolute Gasteiger partial charge is 0.224 e. The molecule has 100 valence electrons. The number of hydrogen-bond acceptors (Lipinski definition) is 6. The fourth-order valence-corrected chi connectivity index (χ4v) is 3.37. The van der Waals surface area contributed by atoms with Crippen molar-refractivity contribution in [3.05, 3.63) is 12.3 Å². The van der Waals surface area contributed by atoms with Crippen molar-refractivity contribution in [2.75, 3.05) is 31.1 Å². The van der Waals surface area contributed by atoms with E-state index in [1.165, 1.54) is 19.3 Å². The van der Waals surface area contributed by atoms with E-state index in [-0.39, 0.29) is 0 Å². The van der Waals surface area contributed by atoms with Crippen molar-refractivity contribution in [3.8, 4) is 0 Å². The largest absolute Gasteiger partial charge is 0.370 e. The van der Waals surface area contributed by atoms with Gasteiger partial charge in [-0.25, -0.2) is 9.61 Å². The number of anilines is 1. The summed E-state index contributed by atoms with van der Waals surface area (Å²) in [6, 6.07) is 2.03. The molecule has 1 N–H and O–H groups in total. The molecular formula is C13H17N5O. The van der Waals surface area contributed by atoms with E-state index in [0.29, 0.717) is 11.1 Å². The second-order valence-electron chi connectivity index (χ2n) is 5.72. The molecule has 2 aliphatic heterocycles. The van der Waals surface area contributed by atoms with Crippen LogP contribution in [0.25, 0.3) is 11.2 Å². The molecule has 19 heavy (non-hydrogen) atoms. The lowest BCUT2D eigenvalue weighted by Gasteiger charge is -2.34. The Bertz CT molecular complexity index is 589. The van der Waals surface area contributed by atoms with Crippen LogP contribution >= 0.6 is 0 Å². The third kappa shape index (κ3) is 1.87. The first-order valence-electron chi connectivity index (χ1n) is 6.89. The van der Waals surface area contributed by atoms with Crippen molar-refractivity contribution in [3.63, 3.8) is 0 Å². The number of hydrogen-bond donors (Lipinski definition) is 1. The van der Waals surface area contributed by atoms with Crippen molar-refractivity contribution in [2.24, 2.45) is 5.41 Å². The standard InChI is InChI=1S/C13H17N5O/c1-4-14-5-2-13(1)3-6-18(9-13)10-7-11-12(15-8-10)17-19-16-11/h7-8,14H,1-6,9H2. The predicted molar refractivity (Wildman–Crippen MR) is 71.0 cm³/mol. The molecule has 2 fully saturated rings. The average Bonchev–Trinajstić information content (AvgIpc) is 3.06. The van der Waals surface area contributed by atoms with Crippen LogP contribution in [0, 0.1) is 5.41 Å². The zero-order valence-electron chi connectivity index (χ0n) is 10.8. The van der Waals surface area contributed by atoms with Gasteiger partial charge in [0.1, 0.15) is 0 Å². The average molecular weight is 259 g/mol. The fourth-order valence-electron chi connectivity index (χ4n) is 3.37. The van der Waals surface area contributed by atoms with Gasteiger partial charge in [-0.15, -0.1) is 0 Å². The van der Waals surface area contributed by atoms with Crippen LogP contribution in [-0.4, -0.2) is 41.5 Å². The SMILES string of the molecule is c1nc2nonc2cc1N1CCC2(CCNCC2)C1. The quantitative estimate of drug-likeness (QED) is 0.830. The number of aromatic nitrogens is 3. The van der Waals surface area contributed by atoms with E-state index >= 15 is 0 Å². The fraction of sp³-hybridized carbons (Fsp3) is 0.615. The molecule has 0 saturated carbocycles. The van der Waals surface area contributed by atoms with Crippen LogP contribution in [-0.2, 0) is 0 Å². The van der Waals surface area contributed by atoms with Gasteiger partial charge in [0.2, 0.25) is 5.65 Å². The summed E-state index contributed by atoms with van der Waals surface area (Å²) in [7, 11) is 0. The monoisotopic (exact) mass is 259 g/mol. The lowest BCUT2D eigenvalue weighted by Crippen LogP contribution is -2.38. The maximum absolute atomic E-state index is 4.70. The minimum absolute atomic E-state index is 0.502. The first-order valence-corrected chi connectivity index (χ1v) is 6.89. The molecular weight excluding hydrogens is 242 g/mol. The summed E-state index contributed by atoms with van der Waals surface area (Å²) >= 11 is 0. The number of nitrogens with one attached hydrogen (secondary N) is 1. The Morgan fingerprint density at radius 1 is 1.21 bits per heavy atom. The topological polar surface area (TPSA) is 67.1 Å². The Kier molecular flexibility index (Phi) is 2.44. The maximum Gasteiger partial charge on any atom is 0.224 e. The normalized spacial score (nSPS) is 22.4. The van der Waals surface area contributed by atoms with Gasteiger partial charge in [0.15, 0.2) is 5.52 Å². The zero-order chi connectivity index (χ0) is 12.7. The molecule has 0 bridgehead atoms. The van der Waals surface area contributed by atoms with E-state index in [0.717, 1.165) is 37.4 Å². The van der Waals surface area contributed by atoms with Crippen molar-refractivity contribution >= 4 is 16.9 Å². The van der Waals surface area contributed by atoms with Gasteiger partial charge in [-0.05, 0) is 54.1 Å². The van der Waals surface area contributed by atoms with E-state index in [9.17, 15) is 0 Å². The van der Waals surface area contributed by atoms with E-state index in [1.54, 1.807) is 0 Å². The Hall–Kier alpha value is -1.69. The van der Waals surface area contributed by atoms with E-state index < -0.39 is 0 Å². The highest BCUT2D eigenvalue weighted by Gasteiger charge is 2.39. The third-order valence-corrected chi connectivity index (χ3v) is 4.57. The van der Waals surface area contributed by atoms with Crippen molar-refractivity contribution < 1.29 is 4.63 Å². The number of rotatable bonds is 1. The predicted octanol–water partition coefficient (Wildman–Crippen LogP) is 1.20. The number of fused-ring (bicyclic) bond motifs is 1. The molecule has 6 heteroatoms. The molecule has 0 aliphatic carbocycles. The second kappa shape index (κ2) is 4.16. The molecule has 2 saturated heterocycles. The van der Waals surface area contributed by atoms with E-state index in [4.69, 9.17) is 4.63 Å². The molecule has 2 aliphatic rings. The first-order chi connectivity index (χ1) is 9.35. The molecule has 0 amide bonds. The lowest BCUT2D eigenvalue weighted by molar-refractivity contribution is 0.232. The van der Waals surface area contributed by atoms with E-state index in [1.807, 2.05) is 12.3 Å². The number of nitrogens with zero attached hydrogens (tertiary/aromatic N) is 4. The lowest BCUT2D eigenvalue weighted by atomic mass is 9.78. The van der Waals surface area contributed by atoms with Crippen molar-refractivity contribution in [1.29, 1.82) is 0 Å². The Labute approximate surface area is 111 Å². The van der Waals surface area contributed by atoms with Crippen LogP contribution in [0.2, 0.25) is 0 Å². The summed E-state index contributed by atoms with van der Waals surface area (Å²) in [5.74, 6) is 0. The van der Waals surface area contributed by atoms with Gasteiger partial charge < -0.3 is 10.2 Å². The Morgan fingerprint density at radius 2 is 2.11 bits per heavy atom. The molecule has 4 rings (SSSR count). The summed E-state index contributed by atoms with van der Waals surface area (Å²) in [6.45, 7) is 4.54. The molecule has 2 aromatic rings. The van der Waals surface area contributed by atoms with Gasteiger partial charge in [0.25, 0.3) is 0 Å². The van der Waals surface area contributed by atoms with Gasteiger partial charge in [0.05, 0.1) is 11.9 Å². The van der Waals surface area contributed by atoms with Gasteiger partial charge in [-0.2, -0.15) is 0 Å². The second-order valence-corrected chi connectivity index (χ2v) is 5.72. The van der Waals surface area contributed by atoms with Gasteiger partial charge in [0, 0.05) is 13.1 Å². The summed E-state index contributed by atoms with van der Waals surface area (Å²) in [6.07, 6.45) is 5.73. The Morgan fingerprint density at radius 3 is 3.00 bits per heavy atom. The van der Waals surface area contributed by atoms with Gasteiger partial charge in [-0.1, -0.05) is 0 Å². The zero-order valence-corrected chi connectivity index (χ0v) is 10.8. The highest BCUT2D eigenvalue weighted by atomic mass is 16.6.